The molecule has 11 heavy (non-hydrogen) atoms. The summed E-state index contributed by atoms with van der Waals surface area (Å²) in [5, 5.41) is -0.306. The van der Waals surface area contributed by atoms with Crippen LogP contribution >= 0.6 is 11.6 Å². The Morgan fingerprint density at radius 2 is 1.82 bits per heavy atom. The number of carbonyl (C=O) groups excluding carboxylic acids is 2. The van der Waals surface area contributed by atoms with Crippen molar-refractivity contribution in [3.05, 3.63) is 11.1 Å². The minimum atomic E-state index is -0.767. The van der Waals surface area contributed by atoms with E-state index in [4.69, 9.17) is 11.6 Å². The SMILES string of the molecule is COC(=O)/C=C(\Cl)C(=O)OC. The maximum atomic E-state index is 10.5. The Bertz CT molecular complexity index is 197. The van der Waals surface area contributed by atoms with Gasteiger partial charge in [-0.05, 0) is 0 Å². The lowest BCUT2D eigenvalue weighted by Gasteiger charge is -1.94. The molecule has 0 unspecified atom stereocenters. The summed E-state index contributed by atoms with van der Waals surface area (Å²) in [6, 6.07) is 0. The highest BCUT2D eigenvalue weighted by molar-refractivity contribution is 6.42. The van der Waals surface area contributed by atoms with Gasteiger partial charge >= 0.3 is 11.9 Å². The Kier molecular flexibility index (Phi) is 4.29. The molecule has 0 spiro atoms. The van der Waals surface area contributed by atoms with Crippen molar-refractivity contribution in [1.29, 1.82) is 0 Å². The van der Waals surface area contributed by atoms with E-state index in [2.05, 4.69) is 9.47 Å². The van der Waals surface area contributed by atoms with Gasteiger partial charge in [0.15, 0.2) is 0 Å². The fourth-order valence-electron chi connectivity index (χ4n) is 0.319. The van der Waals surface area contributed by atoms with Crippen molar-refractivity contribution in [2.24, 2.45) is 0 Å². The average molecular weight is 179 g/mol. The van der Waals surface area contributed by atoms with Crippen molar-refractivity contribution in [3.8, 4) is 0 Å². The summed E-state index contributed by atoms with van der Waals surface area (Å²) in [6.07, 6.45) is 0.841. The molecule has 0 saturated carbocycles. The summed E-state index contributed by atoms with van der Waals surface area (Å²) >= 11 is 5.29. The first-order chi connectivity index (χ1) is 5.11. The molecule has 0 aliphatic carbocycles. The van der Waals surface area contributed by atoms with E-state index in [1.54, 1.807) is 0 Å². The van der Waals surface area contributed by atoms with Gasteiger partial charge in [0.05, 0.1) is 14.2 Å². The number of esters is 2. The molecule has 0 aromatic rings. The van der Waals surface area contributed by atoms with Gasteiger partial charge in [0, 0.05) is 6.08 Å². The van der Waals surface area contributed by atoms with Crippen LogP contribution in [0, 0.1) is 0 Å². The average Bonchev–Trinajstić information content (AvgIpc) is 2.02. The van der Waals surface area contributed by atoms with Crippen LogP contribution in [0.4, 0.5) is 0 Å². The first-order valence-corrected chi connectivity index (χ1v) is 3.03. The minimum absolute atomic E-state index is 0.306. The molecule has 62 valence electrons. The quantitative estimate of drug-likeness (QED) is 0.455. The zero-order chi connectivity index (χ0) is 8.85. The van der Waals surface area contributed by atoms with Crippen LogP contribution in [0.3, 0.4) is 0 Å². The third-order valence-corrected chi connectivity index (χ3v) is 1.09. The predicted octanol–water partition coefficient (Wildman–Crippen LogP) is 0.455. The van der Waals surface area contributed by atoms with E-state index in [0.717, 1.165) is 13.2 Å². The highest BCUT2D eigenvalue weighted by Gasteiger charge is 2.07. The van der Waals surface area contributed by atoms with E-state index in [0.29, 0.717) is 0 Å². The third-order valence-electron chi connectivity index (χ3n) is 0.826. The molecule has 0 amide bonds. The molecule has 5 heteroatoms. The second-order valence-electron chi connectivity index (χ2n) is 1.51. The number of halogens is 1. The van der Waals surface area contributed by atoms with Crippen LogP contribution in [0.15, 0.2) is 11.1 Å². The number of ether oxygens (including phenoxy) is 2. The van der Waals surface area contributed by atoms with Gasteiger partial charge in [0.25, 0.3) is 0 Å². The molecule has 0 rings (SSSR count). The van der Waals surface area contributed by atoms with Crippen LogP contribution in [-0.2, 0) is 19.1 Å². The molecule has 0 bridgehead atoms. The lowest BCUT2D eigenvalue weighted by molar-refractivity contribution is -0.137. The molecule has 4 nitrogen and oxygen atoms in total. The summed E-state index contributed by atoms with van der Waals surface area (Å²) < 4.78 is 8.42. The van der Waals surface area contributed by atoms with Gasteiger partial charge in [-0.3, -0.25) is 0 Å². The fraction of sp³-hybridized carbons (Fsp3) is 0.333. The normalized spacial score (nSPS) is 10.6. The molecular formula is C6H7ClO4. The van der Waals surface area contributed by atoms with Crippen molar-refractivity contribution >= 4 is 23.5 Å². The molecule has 0 fully saturated rings. The second kappa shape index (κ2) is 4.73. The first kappa shape index (κ1) is 9.97. The van der Waals surface area contributed by atoms with E-state index < -0.39 is 11.9 Å². The molecule has 0 heterocycles. The lowest BCUT2D eigenvalue weighted by atomic mass is 10.5. The van der Waals surface area contributed by atoms with Crippen LogP contribution in [0.5, 0.6) is 0 Å². The highest BCUT2D eigenvalue weighted by Crippen LogP contribution is 2.02. The van der Waals surface area contributed by atoms with E-state index >= 15 is 0 Å². The van der Waals surface area contributed by atoms with Crippen LogP contribution in [-0.4, -0.2) is 26.2 Å². The Balaban J connectivity index is 4.21. The zero-order valence-corrected chi connectivity index (χ0v) is 6.84. The standard InChI is InChI=1S/C6H7ClO4/c1-10-5(8)3-4(7)6(9)11-2/h3H,1-2H3/b4-3-. The van der Waals surface area contributed by atoms with Gasteiger partial charge in [-0.2, -0.15) is 0 Å². The highest BCUT2D eigenvalue weighted by atomic mass is 35.5. The Labute approximate surface area is 68.7 Å². The van der Waals surface area contributed by atoms with Crippen LogP contribution in [0.1, 0.15) is 0 Å². The molecule has 0 radical (unpaired) electrons. The van der Waals surface area contributed by atoms with E-state index in [1.807, 2.05) is 0 Å². The van der Waals surface area contributed by atoms with Gasteiger partial charge < -0.3 is 9.47 Å². The van der Waals surface area contributed by atoms with Crippen molar-refractivity contribution in [3.63, 3.8) is 0 Å². The Morgan fingerprint density at radius 3 is 2.18 bits per heavy atom. The maximum Gasteiger partial charge on any atom is 0.349 e. The van der Waals surface area contributed by atoms with E-state index in [9.17, 15) is 9.59 Å². The topological polar surface area (TPSA) is 52.6 Å². The number of carbonyl (C=O) groups is 2. The van der Waals surface area contributed by atoms with E-state index in [-0.39, 0.29) is 5.03 Å². The van der Waals surface area contributed by atoms with Crippen LogP contribution < -0.4 is 0 Å². The number of rotatable bonds is 2. The van der Waals surface area contributed by atoms with Crippen LogP contribution in [0.2, 0.25) is 0 Å². The molecule has 0 aromatic carbocycles. The Morgan fingerprint density at radius 1 is 1.27 bits per heavy atom. The third kappa shape index (κ3) is 3.62. The number of methoxy groups -OCH3 is 2. The van der Waals surface area contributed by atoms with Gasteiger partial charge in [-0.1, -0.05) is 11.6 Å². The number of hydrogen-bond acceptors (Lipinski definition) is 4. The predicted molar refractivity (Wildman–Crippen MR) is 38.0 cm³/mol. The maximum absolute atomic E-state index is 10.5. The summed E-state index contributed by atoms with van der Waals surface area (Å²) in [5.41, 5.74) is 0. The monoisotopic (exact) mass is 178 g/mol. The largest absolute Gasteiger partial charge is 0.466 e. The second-order valence-corrected chi connectivity index (χ2v) is 1.91. The summed E-state index contributed by atoms with van der Waals surface area (Å²) in [6.45, 7) is 0. The zero-order valence-electron chi connectivity index (χ0n) is 6.09. The molecular weight excluding hydrogens is 172 g/mol. The Hall–Kier alpha value is -1.03. The molecule has 0 saturated heterocycles. The summed E-state index contributed by atoms with van der Waals surface area (Å²) in [7, 11) is 2.34. The van der Waals surface area contributed by atoms with Crippen molar-refractivity contribution < 1.29 is 19.1 Å². The van der Waals surface area contributed by atoms with Gasteiger partial charge in [-0.15, -0.1) is 0 Å². The van der Waals surface area contributed by atoms with Crippen LogP contribution in [0.25, 0.3) is 0 Å². The molecule has 0 aromatic heterocycles. The lowest BCUT2D eigenvalue weighted by Crippen LogP contribution is -2.03. The fourth-order valence-corrected chi connectivity index (χ4v) is 0.485. The van der Waals surface area contributed by atoms with Gasteiger partial charge in [0.2, 0.25) is 0 Å². The molecule has 0 aliphatic rings. The summed E-state index contributed by atoms with van der Waals surface area (Å²) in [4.78, 5) is 21.0. The summed E-state index contributed by atoms with van der Waals surface area (Å²) in [5.74, 6) is -1.46. The van der Waals surface area contributed by atoms with Crippen molar-refractivity contribution in [2.45, 2.75) is 0 Å². The van der Waals surface area contributed by atoms with E-state index in [1.165, 1.54) is 7.11 Å². The van der Waals surface area contributed by atoms with Crippen molar-refractivity contribution in [1.82, 2.24) is 0 Å². The first-order valence-electron chi connectivity index (χ1n) is 2.65. The molecule has 0 aliphatic heterocycles. The van der Waals surface area contributed by atoms with Gasteiger partial charge in [-0.25, -0.2) is 9.59 Å². The van der Waals surface area contributed by atoms with Gasteiger partial charge in [0.1, 0.15) is 5.03 Å². The minimum Gasteiger partial charge on any atom is -0.466 e. The van der Waals surface area contributed by atoms with Crippen molar-refractivity contribution in [2.75, 3.05) is 14.2 Å². The molecule has 0 N–H and O–H groups in total. The molecule has 0 atom stereocenters. The smallest absolute Gasteiger partial charge is 0.349 e. The number of hydrogen-bond donors (Lipinski definition) is 0.